The van der Waals surface area contributed by atoms with Crippen molar-refractivity contribution in [3.05, 3.63) is 33.8 Å². The monoisotopic (exact) mass is 354 g/mol. The highest BCUT2D eigenvalue weighted by atomic mass is 35.5. The van der Waals surface area contributed by atoms with Gasteiger partial charge in [0.2, 0.25) is 0 Å². The van der Waals surface area contributed by atoms with Crippen LogP contribution in [0.5, 0.6) is 11.5 Å². The first-order valence-corrected chi connectivity index (χ1v) is 8.57. The minimum Gasteiger partial charge on any atom is -0.490 e. The van der Waals surface area contributed by atoms with Crippen molar-refractivity contribution in [3.8, 4) is 11.5 Å². The number of benzene rings is 1. The largest absolute Gasteiger partial charge is 0.490 e. The van der Waals surface area contributed by atoms with Gasteiger partial charge in [-0.25, -0.2) is 4.98 Å². The zero-order valence-electron chi connectivity index (χ0n) is 13.3. The number of amides is 1. The smallest absolute Gasteiger partial charge is 0.257 e. The standard InChI is InChI=1S/C16H19ClN2O3S/c1-4-6-22-14-12(17)7-11(8-13(14)21-5-2)15(20)19-16-18-9-10(3)23-16/h7-9H,4-6H2,1-3H3,(H,18,19,20). The van der Waals surface area contributed by atoms with Crippen LogP contribution in [-0.2, 0) is 0 Å². The number of hydrogen-bond donors (Lipinski definition) is 1. The number of anilines is 1. The van der Waals surface area contributed by atoms with Crippen molar-refractivity contribution >= 4 is 34.0 Å². The van der Waals surface area contributed by atoms with Gasteiger partial charge in [0, 0.05) is 16.6 Å². The number of nitrogens with one attached hydrogen (secondary N) is 1. The lowest BCUT2D eigenvalue weighted by Crippen LogP contribution is -2.12. The molecule has 5 nitrogen and oxygen atoms in total. The summed E-state index contributed by atoms with van der Waals surface area (Å²) < 4.78 is 11.2. The second-order valence-electron chi connectivity index (χ2n) is 4.80. The molecule has 0 fully saturated rings. The van der Waals surface area contributed by atoms with Crippen LogP contribution in [0.2, 0.25) is 5.02 Å². The van der Waals surface area contributed by atoms with E-state index in [0.29, 0.717) is 40.4 Å². The molecule has 0 aliphatic rings. The van der Waals surface area contributed by atoms with E-state index in [4.69, 9.17) is 21.1 Å². The Hall–Kier alpha value is -1.79. The van der Waals surface area contributed by atoms with Gasteiger partial charge in [-0.05, 0) is 32.4 Å². The molecular weight excluding hydrogens is 336 g/mol. The number of carbonyl (C=O) groups is 1. The van der Waals surface area contributed by atoms with E-state index in [9.17, 15) is 4.79 Å². The van der Waals surface area contributed by atoms with Crippen LogP contribution in [0.4, 0.5) is 5.13 Å². The van der Waals surface area contributed by atoms with Gasteiger partial charge in [0.1, 0.15) is 0 Å². The second kappa shape index (κ2) is 8.17. The van der Waals surface area contributed by atoms with Gasteiger partial charge in [0.05, 0.1) is 18.2 Å². The summed E-state index contributed by atoms with van der Waals surface area (Å²) in [5, 5.41) is 3.65. The third kappa shape index (κ3) is 4.59. The normalized spacial score (nSPS) is 10.4. The van der Waals surface area contributed by atoms with E-state index in [1.807, 2.05) is 20.8 Å². The fourth-order valence-corrected chi connectivity index (χ4v) is 2.81. The molecule has 0 radical (unpaired) electrons. The predicted molar refractivity (Wildman–Crippen MR) is 93.2 cm³/mol. The third-order valence-electron chi connectivity index (χ3n) is 2.86. The summed E-state index contributed by atoms with van der Waals surface area (Å²) in [6.45, 7) is 6.78. The summed E-state index contributed by atoms with van der Waals surface area (Å²) in [6.07, 6.45) is 2.56. The van der Waals surface area contributed by atoms with Gasteiger partial charge in [-0.1, -0.05) is 18.5 Å². The zero-order chi connectivity index (χ0) is 16.8. The zero-order valence-corrected chi connectivity index (χ0v) is 14.9. The van der Waals surface area contributed by atoms with Crippen molar-refractivity contribution in [1.29, 1.82) is 0 Å². The van der Waals surface area contributed by atoms with Gasteiger partial charge in [-0.2, -0.15) is 0 Å². The van der Waals surface area contributed by atoms with Crippen LogP contribution in [0.25, 0.3) is 0 Å². The number of carbonyl (C=O) groups excluding carboxylic acids is 1. The van der Waals surface area contributed by atoms with E-state index >= 15 is 0 Å². The van der Waals surface area contributed by atoms with Crippen molar-refractivity contribution in [2.75, 3.05) is 18.5 Å². The van der Waals surface area contributed by atoms with Crippen molar-refractivity contribution in [2.24, 2.45) is 0 Å². The molecule has 0 bridgehead atoms. The molecule has 1 aromatic heterocycles. The van der Waals surface area contributed by atoms with Crippen molar-refractivity contribution < 1.29 is 14.3 Å². The maximum Gasteiger partial charge on any atom is 0.257 e. The molecule has 0 atom stereocenters. The van der Waals surface area contributed by atoms with Crippen LogP contribution in [0.1, 0.15) is 35.5 Å². The Bertz CT molecular complexity index is 688. The summed E-state index contributed by atoms with van der Waals surface area (Å²) >= 11 is 7.67. The summed E-state index contributed by atoms with van der Waals surface area (Å²) in [5.74, 6) is 0.648. The number of rotatable bonds is 7. The van der Waals surface area contributed by atoms with Gasteiger partial charge in [-0.3, -0.25) is 10.1 Å². The Morgan fingerprint density at radius 3 is 2.74 bits per heavy atom. The van der Waals surface area contributed by atoms with Gasteiger partial charge >= 0.3 is 0 Å². The molecule has 0 unspecified atom stereocenters. The lowest BCUT2D eigenvalue weighted by molar-refractivity contribution is 0.102. The summed E-state index contributed by atoms with van der Waals surface area (Å²) in [7, 11) is 0. The minimum absolute atomic E-state index is 0.288. The van der Waals surface area contributed by atoms with Crippen molar-refractivity contribution in [1.82, 2.24) is 4.98 Å². The average Bonchev–Trinajstić information content (AvgIpc) is 2.91. The number of halogens is 1. The van der Waals surface area contributed by atoms with Crippen LogP contribution in [0.3, 0.4) is 0 Å². The Kier molecular flexibility index (Phi) is 6.24. The van der Waals surface area contributed by atoms with Crippen LogP contribution >= 0.6 is 22.9 Å². The fraction of sp³-hybridized carbons (Fsp3) is 0.375. The van der Waals surface area contributed by atoms with Gasteiger partial charge in [0.15, 0.2) is 16.6 Å². The first-order valence-electron chi connectivity index (χ1n) is 7.38. The summed E-state index contributed by atoms with van der Waals surface area (Å²) in [5.41, 5.74) is 0.398. The molecule has 124 valence electrons. The van der Waals surface area contributed by atoms with Crippen molar-refractivity contribution in [2.45, 2.75) is 27.2 Å². The number of aryl methyl sites for hydroxylation is 1. The molecule has 1 heterocycles. The highest BCUT2D eigenvalue weighted by molar-refractivity contribution is 7.15. The first-order chi connectivity index (χ1) is 11.0. The quantitative estimate of drug-likeness (QED) is 0.792. The fourth-order valence-electron chi connectivity index (χ4n) is 1.89. The lowest BCUT2D eigenvalue weighted by Gasteiger charge is -2.14. The molecule has 0 saturated heterocycles. The number of ether oxygens (including phenoxy) is 2. The van der Waals surface area contributed by atoms with E-state index < -0.39 is 0 Å². The maximum absolute atomic E-state index is 12.4. The second-order valence-corrected chi connectivity index (χ2v) is 6.44. The van der Waals surface area contributed by atoms with E-state index in [-0.39, 0.29) is 5.91 Å². The van der Waals surface area contributed by atoms with Gasteiger partial charge < -0.3 is 9.47 Å². The molecular formula is C16H19ClN2O3S. The lowest BCUT2D eigenvalue weighted by atomic mass is 10.2. The molecule has 0 spiro atoms. The molecule has 1 amide bonds. The maximum atomic E-state index is 12.4. The SMILES string of the molecule is CCCOc1c(Cl)cc(C(=O)Nc2ncc(C)s2)cc1OCC. The number of thiazole rings is 1. The molecule has 2 rings (SSSR count). The molecule has 2 aromatic rings. The van der Waals surface area contributed by atoms with E-state index in [1.54, 1.807) is 18.3 Å². The number of nitrogens with zero attached hydrogens (tertiary/aromatic N) is 1. The number of hydrogen-bond acceptors (Lipinski definition) is 5. The highest BCUT2D eigenvalue weighted by Crippen LogP contribution is 2.37. The Balaban J connectivity index is 2.25. The molecule has 0 saturated carbocycles. The van der Waals surface area contributed by atoms with E-state index in [1.165, 1.54) is 11.3 Å². The summed E-state index contributed by atoms with van der Waals surface area (Å²) in [6, 6.07) is 3.21. The molecule has 7 heteroatoms. The number of aromatic nitrogens is 1. The minimum atomic E-state index is -0.288. The molecule has 23 heavy (non-hydrogen) atoms. The molecule has 1 N–H and O–H groups in total. The van der Waals surface area contributed by atoms with E-state index in [2.05, 4.69) is 10.3 Å². The van der Waals surface area contributed by atoms with E-state index in [0.717, 1.165) is 11.3 Å². The Morgan fingerprint density at radius 1 is 1.35 bits per heavy atom. The van der Waals surface area contributed by atoms with Crippen LogP contribution in [0.15, 0.2) is 18.3 Å². The molecule has 0 aliphatic carbocycles. The predicted octanol–water partition coefficient (Wildman–Crippen LogP) is 4.54. The van der Waals surface area contributed by atoms with Gasteiger partial charge in [0.25, 0.3) is 5.91 Å². The first kappa shape index (κ1) is 17.6. The van der Waals surface area contributed by atoms with Crippen LogP contribution in [-0.4, -0.2) is 24.1 Å². The third-order valence-corrected chi connectivity index (χ3v) is 3.97. The topological polar surface area (TPSA) is 60.5 Å². The van der Waals surface area contributed by atoms with Gasteiger partial charge in [-0.15, -0.1) is 11.3 Å². The Labute approximate surface area is 144 Å². The highest BCUT2D eigenvalue weighted by Gasteiger charge is 2.17. The van der Waals surface area contributed by atoms with Crippen molar-refractivity contribution in [3.63, 3.8) is 0 Å². The van der Waals surface area contributed by atoms with Crippen LogP contribution < -0.4 is 14.8 Å². The Morgan fingerprint density at radius 2 is 2.13 bits per heavy atom. The van der Waals surface area contributed by atoms with Crippen LogP contribution in [0, 0.1) is 6.92 Å². The summed E-state index contributed by atoms with van der Waals surface area (Å²) in [4.78, 5) is 17.5. The molecule has 1 aromatic carbocycles. The average molecular weight is 355 g/mol. The molecule has 0 aliphatic heterocycles.